The summed E-state index contributed by atoms with van der Waals surface area (Å²) in [5.74, 6) is -1.11. The highest BCUT2D eigenvalue weighted by molar-refractivity contribution is 6.11. The molecule has 1 aliphatic rings. The van der Waals surface area contributed by atoms with Gasteiger partial charge in [-0.3, -0.25) is 4.79 Å². The minimum atomic E-state index is -0.898. The third kappa shape index (κ3) is 5.13. The van der Waals surface area contributed by atoms with E-state index in [0.29, 0.717) is 36.5 Å². The smallest absolute Gasteiger partial charge is 0.216 e. The molecule has 0 bridgehead atoms. The second kappa shape index (κ2) is 10.2. The molecule has 3 aromatic carbocycles. The van der Waals surface area contributed by atoms with Crippen LogP contribution in [0.15, 0.2) is 71.7 Å². The van der Waals surface area contributed by atoms with E-state index in [2.05, 4.69) is 41.6 Å². The van der Waals surface area contributed by atoms with Gasteiger partial charge in [-0.15, -0.1) is 0 Å². The first-order valence-electron chi connectivity index (χ1n) is 13.0. The summed E-state index contributed by atoms with van der Waals surface area (Å²) in [6.45, 7) is 9.42. The van der Waals surface area contributed by atoms with Crippen LogP contribution in [0.25, 0.3) is 10.9 Å². The zero-order valence-corrected chi connectivity index (χ0v) is 22.2. The average molecular weight is 515 g/mol. The van der Waals surface area contributed by atoms with E-state index in [1.165, 1.54) is 12.1 Å². The lowest BCUT2D eigenvalue weighted by Crippen LogP contribution is -2.24. The van der Waals surface area contributed by atoms with E-state index in [9.17, 15) is 13.6 Å². The third-order valence-electron chi connectivity index (χ3n) is 6.96. The second-order valence-corrected chi connectivity index (χ2v) is 10.9. The number of halogens is 2. The molecule has 0 radical (unpaired) electrons. The Bertz CT molecular complexity index is 1530. The highest BCUT2D eigenvalue weighted by atomic mass is 19.2. The lowest BCUT2D eigenvalue weighted by atomic mass is 9.96. The predicted molar refractivity (Wildman–Crippen MR) is 147 cm³/mol. The monoisotopic (exact) mass is 514 g/mol. The van der Waals surface area contributed by atoms with Gasteiger partial charge >= 0.3 is 0 Å². The fourth-order valence-electron chi connectivity index (χ4n) is 5.15. The van der Waals surface area contributed by atoms with Crippen molar-refractivity contribution >= 4 is 22.6 Å². The molecular formula is C32H32F2N2O2. The summed E-state index contributed by atoms with van der Waals surface area (Å²) in [6.07, 6.45) is 0.526. The number of rotatable bonds is 8. The van der Waals surface area contributed by atoms with Gasteiger partial charge in [-0.25, -0.2) is 13.8 Å². The fraction of sp³-hybridized carbons (Fsp3) is 0.312. The van der Waals surface area contributed by atoms with Gasteiger partial charge in [-0.2, -0.15) is 0 Å². The van der Waals surface area contributed by atoms with Gasteiger partial charge in [0.1, 0.15) is 5.60 Å². The van der Waals surface area contributed by atoms with E-state index < -0.39 is 11.6 Å². The van der Waals surface area contributed by atoms with Crippen LogP contribution in [-0.2, 0) is 17.7 Å². The van der Waals surface area contributed by atoms with Crippen LogP contribution in [0.1, 0.15) is 72.8 Å². The van der Waals surface area contributed by atoms with Crippen LogP contribution < -0.4 is 0 Å². The first-order valence-corrected chi connectivity index (χ1v) is 13.0. The summed E-state index contributed by atoms with van der Waals surface area (Å²) >= 11 is 0. The van der Waals surface area contributed by atoms with Gasteiger partial charge in [0, 0.05) is 35.2 Å². The number of Topliss-reactive ketones (excluding diaryl/α,β-unsaturated/α-hetero) is 1. The van der Waals surface area contributed by atoms with E-state index in [-0.39, 0.29) is 23.7 Å². The van der Waals surface area contributed by atoms with Crippen LogP contribution in [0.2, 0.25) is 0 Å². The zero-order chi connectivity index (χ0) is 27.0. The largest absolute Gasteiger partial charge is 0.469 e. The summed E-state index contributed by atoms with van der Waals surface area (Å²) in [6, 6.07) is 20.0. The van der Waals surface area contributed by atoms with E-state index in [4.69, 9.17) is 4.74 Å². The summed E-state index contributed by atoms with van der Waals surface area (Å²) in [7, 11) is 0. The van der Waals surface area contributed by atoms with E-state index in [1.54, 1.807) is 0 Å². The quantitative estimate of drug-likeness (QED) is 0.229. The molecule has 0 atom stereocenters. The lowest BCUT2D eigenvalue weighted by molar-refractivity contribution is 0.0982. The molecule has 196 valence electrons. The molecule has 4 nitrogen and oxygen atoms in total. The highest BCUT2D eigenvalue weighted by Gasteiger charge is 2.30. The van der Waals surface area contributed by atoms with Gasteiger partial charge in [-0.1, -0.05) is 56.3 Å². The number of aliphatic imine (C=N–C) groups is 1. The number of aromatic nitrogens is 1. The summed E-state index contributed by atoms with van der Waals surface area (Å²) in [4.78, 5) is 18.4. The average Bonchev–Trinajstić information content (AvgIpc) is 3.42. The number of fused-ring (bicyclic) bond motifs is 1. The molecule has 0 N–H and O–H groups in total. The molecule has 1 aliphatic heterocycles. The van der Waals surface area contributed by atoms with E-state index in [0.717, 1.165) is 33.8 Å². The van der Waals surface area contributed by atoms with Crippen LogP contribution in [0.5, 0.6) is 0 Å². The number of ketones is 1. The van der Waals surface area contributed by atoms with Crippen molar-refractivity contribution in [3.05, 3.63) is 106 Å². The lowest BCUT2D eigenvalue weighted by Gasteiger charge is -2.17. The van der Waals surface area contributed by atoms with E-state index >= 15 is 0 Å². The summed E-state index contributed by atoms with van der Waals surface area (Å²) < 4.78 is 35.5. The Morgan fingerprint density at radius 1 is 1.00 bits per heavy atom. The molecule has 38 heavy (non-hydrogen) atoms. The molecule has 5 rings (SSSR count). The van der Waals surface area contributed by atoms with Gasteiger partial charge in [0.25, 0.3) is 0 Å². The molecule has 0 unspecified atom stereocenters. The number of hydrogen-bond donors (Lipinski definition) is 0. The Hall–Kier alpha value is -3.80. The number of nitrogens with zero attached hydrogens (tertiary/aromatic N) is 2. The molecular weight excluding hydrogens is 482 g/mol. The number of benzene rings is 3. The van der Waals surface area contributed by atoms with E-state index in [1.807, 2.05) is 44.2 Å². The van der Waals surface area contributed by atoms with Gasteiger partial charge in [0.05, 0.1) is 12.1 Å². The SMILES string of the molecule is CC(C)c1c(C(=O)CCc2ccc(F)c(F)c2)c2ccc(C3=NCC(C)(C)O3)cc2n1Cc1ccccc1. The van der Waals surface area contributed by atoms with Crippen LogP contribution in [0.4, 0.5) is 8.78 Å². The molecule has 0 saturated carbocycles. The topological polar surface area (TPSA) is 43.6 Å². The molecule has 2 heterocycles. The van der Waals surface area contributed by atoms with Crippen LogP contribution in [0.3, 0.4) is 0 Å². The highest BCUT2D eigenvalue weighted by Crippen LogP contribution is 2.35. The molecule has 1 aromatic heterocycles. The number of aryl methyl sites for hydroxylation is 1. The van der Waals surface area contributed by atoms with Gasteiger partial charge in [0.15, 0.2) is 17.4 Å². The van der Waals surface area contributed by atoms with Crippen molar-refractivity contribution < 1.29 is 18.3 Å². The normalized spacial score (nSPS) is 14.7. The Balaban J connectivity index is 1.59. The first kappa shape index (κ1) is 25.8. The van der Waals surface area contributed by atoms with Crippen molar-refractivity contribution in [2.45, 2.75) is 58.6 Å². The molecule has 0 saturated heterocycles. The van der Waals surface area contributed by atoms with Crippen LogP contribution in [-0.4, -0.2) is 28.4 Å². The fourth-order valence-corrected chi connectivity index (χ4v) is 5.15. The predicted octanol–water partition coefficient (Wildman–Crippen LogP) is 7.46. The molecule has 0 aliphatic carbocycles. The van der Waals surface area contributed by atoms with Crippen molar-refractivity contribution in [2.24, 2.45) is 4.99 Å². The second-order valence-electron chi connectivity index (χ2n) is 10.9. The Morgan fingerprint density at radius 3 is 2.42 bits per heavy atom. The number of hydrogen-bond acceptors (Lipinski definition) is 3. The molecule has 0 fully saturated rings. The minimum Gasteiger partial charge on any atom is -0.469 e. The number of ether oxygens (including phenoxy) is 1. The Labute approximate surface area is 222 Å². The Morgan fingerprint density at radius 2 is 1.76 bits per heavy atom. The van der Waals surface area contributed by atoms with Crippen molar-refractivity contribution in [2.75, 3.05) is 6.54 Å². The van der Waals surface area contributed by atoms with Crippen molar-refractivity contribution in [3.8, 4) is 0 Å². The summed E-state index contributed by atoms with van der Waals surface area (Å²) in [5.41, 5.74) is 4.86. The maximum atomic E-state index is 13.8. The maximum Gasteiger partial charge on any atom is 0.216 e. The number of carbonyl (C=O) groups excluding carboxylic acids is 1. The van der Waals surface area contributed by atoms with Crippen LogP contribution in [0, 0.1) is 11.6 Å². The molecule has 0 spiro atoms. The number of carbonyl (C=O) groups is 1. The summed E-state index contributed by atoms with van der Waals surface area (Å²) in [5, 5.41) is 0.876. The molecule has 6 heteroatoms. The minimum absolute atomic E-state index is 0.0152. The van der Waals surface area contributed by atoms with Crippen molar-refractivity contribution in [1.29, 1.82) is 0 Å². The molecule has 0 amide bonds. The van der Waals surface area contributed by atoms with Gasteiger partial charge in [0.2, 0.25) is 5.90 Å². The van der Waals surface area contributed by atoms with Crippen molar-refractivity contribution in [1.82, 2.24) is 4.57 Å². The maximum absolute atomic E-state index is 13.8. The van der Waals surface area contributed by atoms with Crippen LogP contribution >= 0.6 is 0 Å². The zero-order valence-electron chi connectivity index (χ0n) is 22.2. The van der Waals surface area contributed by atoms with Gasteiger partial charge in [-0.05, 0) is 61.6 Å². The van der Waals surface area contributed by atoms with Crippen molar-refractivity contribution in [3.63, 3.8) is 0 Å². The van der Waals surface area contributed by atoms with Gasteiger partial charge < -0.3 is 9.30 Å². The Kier molecular flexibility index (Phi) is 6.91. The first-order chi connectivity index (χ1) is 18.1. The standard InChI is InChI=1S/C32H32F2N2O2/c1-20(2)30-29(28(37)15-11-21-10-14-25(33)26(34)16-21)24-13-12-23(31-35-19-32(3,4)38-31)17-27(24)36(30)18-22-8-6-5-7-9-22/h5-10,12-14,16-17,20H,11,15,18-19H2,1-4H3. The third-order valence-corrected chi connectivity index (χ3v) is 6.96. The molecule has 4 aromatic rings.